The lowest BCUT2D eigenvalue weighted by atomic mass is 9.91. The maximum atomic E-state index is 15.5. The van der Waals surface area contributed by atoms with Crippen molar-refractivity contribution in [1.29, 1.82) is 0 Å². The molecule has 31 heavy (non-hydrogen) atoms. The Bertz CT molecular complexity index is 1150. The number of nitrogens with zero attached hydrogens (tertiary/aromatic N) is 3. The molecule has 9 heteroatoms. The zero-order chi connectivity index (χ0) is 22.3. The highest BCUT2D eigenvalue weighted by Crippen LogP contribution is 2.36. The first-order valence-corrected chi connectivity index (χ1v) is 9.21. The second-order valence-corrected chi connectivity index (χ2v) is 7.23. The van der Waals surface area contributed by atoms with Gasteiger partial charge in [-0.3, -0.25) is 4.90 Å². The molecule has 0 fully saturated rings. The van der Waals surface area contributed by atoms with Gasteiger partial charge in [-0.1, -0.05) is 12.1 Å². The van der Waals surface area contributed by atoms with Crippen LogP contribution in [0.1, 0.15) is 22.4 Å². The average Bonchev–Trinajstić information content (AvgIpc) is 2.86. The molecule has 3 nitrogen and oxygen atoms in total. The third-order valence-corrected chi connectivity index (χ3v) is 4.97. The number of halogens is 6. The fourth-order valence-corrected chi connectivity index (χ4v) is 3.53. The predicted octanol–water partition coefficient (Wildman–Crippen LogP) is 5.46. The maximum absolute atomic E-state index is 15.5. The molecule has 1 aromatic heterocycles. The molecule has 2 heterocycles. The minimum atomic E-state index is -4.65. The van der Waals surface area contributed by atoms with Crippen LogP contribution in [-0.2, 0) is 12.7 Å². The van der Waals surface area contributed by atoms with Crippen LogP contribution < -0.4 is 0 Å². The van der Waals surface area contributed by atoms with E-state index in [-0.39, 0.29) is 28.9 Å². The smallest absolute Gasteiger partial charge is 0.298 e. The topological polar surface area (TPSA) is 29.0 Å². The van der Waals surface area contributed by atoms with Crippen molar-refractivity contribution in [3.8, 4) is 11.3 Å². The van der Waals surface area contributed by atoms with Crippen LogP contribution in [0.4, 0.5) is 26.3 Å². The van der Waals surface area contributed by atoms with Crippen LogP contribution >= 0.6 is 0 Å². The molecule has 0 amide bonds. The Labute approximate surface area is 173 Å². The fraction of sp³-hybridized carbons (Fsp3) is 0.182. The Morgan fingerprint density at radius 2 is 1.55 bits per heavy atom. The molecule has 0 N–H and O–H groups in total. The van der Waals surface area contributed by atoms with Gasteiger partial charge in [0.2, 0.25) is 0 Å². The minimum absolute atomic E-state index is 0.0138. The molecule has 2 aromatic carbocycles. The molecule has 0 aliphatic carbocycles. The van der Waals surface area contributed by atoms with Crippen molar-refractivity contribution in [2.24, 2.45) is 0 Å². The number of fused-ring (bicyclic) bond motifs is 1. The normalized spacial score (nSPS) is 14.7. The van der Waals surface area contributed by atoms with Gasteiger partial charge in [-0.15, -0.1) is 10.2 Å². The van der Waals surface area contributed by atoms with E-state index < -0.39 is 29.3 Å². The lowest BCUT2D eigenvalue weighted by Crippen LogP contribution is -2.17. The van der Waals surface area contributed by atoms with Gasteiger partial charge in [0.15, 0.2) is 5.69 Å². The first kappa shape index (κ1) is 21.0. The van der Waals surface area contributed by atoms with Crippen LogP contribution in [0, 0.1) is 17.5 Å². The monoisotopic (exact) mass is 435 g/mol. The van der Waals surface area contributed by atoms with E-state index in [0.717, 1.165) is 30.3 Å². The van der Waals surface area contributed by atoms with Crippen molar-refractivity contribution in [1.82, 2.24) is 15.1 Å². The van der Waals surface area contributed by atoms with Gasteiger partial charge in [-0.05, 0) is 54.1 Å². The second-order valence-electron chi connectivity index (χ2n) is 7.23. The first-order valence-electron chi connectivity index (χ1n) is 9.21. The van der Waals surface area contributed by atoms with Crippen LogP contribution in [-0.4, -0.2) is 28.7 Å². The lowest BCUT2D eigenvalue weighted by Gasteiger charge is -2.17. The number of aromatic nitrogens is 2. The summed E-state index contributed by atoms with van der Waals surface area (Å²) in [6, 6.07) is 7.82. The largest absolute Gasteiger partial charge is 0.435 e. The number of rotatable bonds is 2. The molecule has 1 aliphatic rings. The molecule has 0 bridgehead atoms. The number of likely N-dealkylation sites (N-methyl/N-ethyl adjacent to an activating group) is 1. The highest BCUT2D eigenvalue weighted by Gasteiger charge is 2.33. The van der Waals surface area contributed by atoms with E-state index in [2.05, 4.69) is 10.2 Å². The SMILES string of the molecule is CN1CC=C(c2cc(F)cc(F)c2)c2ccc(-c3ccc(C(F)(F)F)nn3)c(F)c2C1. The van der Waals surface area contributed by atoms with E-state index in [9.17, 15) is 22.0 Å². The molecule has 0 saturated heterocycles. The summed E-state index contributed by atoms with van der Waals surface area (Å²) in [5.74, 6) is -2.19. The van der Waals surface area contributed by atoms with E-state index >= 15 is 4.39 Å². The molecule has 0 atom stereocenters. The maximum Gasteiger partial charge on any atom is 0.435 e. The molecule has 0 saturated carbocycles. The van der Waals surface area contributed by atoms with Gasteiger partial charge >= 0.3 is 6.18 Å². The van der Waals surface area contributed by atoms with Gasteiger partial charge in [0.1, 0.15) is 17.5 Å². The lowest BCUT2D eigenvalue weighted by molar-refractivity contribution is -0.141. The van der Waals surface area contributed by atoms with Crippen molar-refractivity contribution in [3.05, 3.63) is 88.4 Å². The second kappa shape index (κ2) is 7.81. The Morgan fingerprint density at radius 1 is 0.871 bits per heavy atom. The van der Waals surface area contributed by atoms with Gasteiger partial charge in [0.05, 0.1) is 5.69 Å². The fourth-order valence-electron chi connectivity index (χ4n) is 3.53. The summed E-state index contributed by atoms with van der Waals surface area (Å²) in [6.07, 6.45) is -2.91. The zero-order valence-corrected chi connectivity index (χ0v) is 16.1. The Kier molecular flexibility index (Phi) is 5.30. The Morgan fingerprint density at radius 3 is 2.16 bits per heavy atom. The molecule has 160 valence electrons. The predicted molar refractivity (Wildman–Crippen MR) is 102 cm³/mol. The van der Waals surface area contributed by atoms with Crippen LogP contribution in [0.3, 0.4) is 0 Å². The Balaban J connectivity index is 1.83. The third kappa shape index (κ3) is 4.18. The summed E-state index contributed by atoms with van der Waals surface area (Å²) < 4.78 is 81.2. The van der Waals surface area contributed by atoms with Crippen molar-refractivity contribution in [3.63, 3.8) is 0 Å². The van der Waals surface area contributed by atoms with Crippen molar-refractivity contribution in [2.75, 3.05) is 13.6 Å². The summed E-state index contributed by atoms with van der Waals surface area (Å²) in [5, 5.41) is 6.68. The van der Waals surface area contributed by atoms with Crippen LogP contribution in [0.15, 0.2) is 48.5 Å². The van der Waals surface area contributed by atoms with E-state index in [1.165, 1.54) is 6.07 Å². The quantitative estimate of drug-likeness (QED) is 0.501. The Hall–Kier alpha value is -3.20. The molecule has 1 aliphatic heterocycles. The van der Waals surface area contributed by atoms with Crippen molar-refractivity contribution < 1.29 is 26.3 Å². The van der Waals surface area contributed by atoms with Gasteiger partial charge in [0.25, 0.3) is 0 Å². The highest BCUT2D eigenvalue weighted by atomic mass is 19.4. The molecule has 0 unspecified atom stereocenters. The molecule has 4 rings (SSSR count). The molecule has 3 aromatic rings. The summed E-state index contributed by atoms with van der Waals surface area (Å²) in [7, 11) is 1.75. The van der Waals surface area contributed by atoms with E-state index in [1.807, 2.05) is 0 Å². The minimum Gasteiger partial charge on any atom is -0.298 e. The van der Waals surface area contributed by atoms with Crippen LogP contribution in [0.25, 0.3) is 16.8 Å². The molecule has 0 spiro atoms. The summed E-state index contributed by atoms with van der Waals surface area (Å²) in [4.78, 5) is 1.80. The number of benzene rings is 2. The first-order chi connectivity index (χ1) is 14.6. The van der Waals surface area contributed by atoms with Gasteiger partial charge in [0, 0.05) is 30.3 Å². The van der Waals surface area contributed by atoms with Gasteiger partial charge in [-0.25, -0.2) is 13.2 Å². The molecular weight excluding hydrogens is 420 g/mol. The standard InChI is InChI=1S/C22H15F6N3/c1-31-7-6-15(12-8-13(23)10-14(24)9-12)16-2-3-17(21(25)18(16)11-31)19-4-5-20(30-29-19)22(26,27)28/h2-6,8-10H,7,11H2,1H3. The average molecular weight is 435 g/mol. The van der Waals surface area contributed by atoms with Crippen LogP contribution in [0.5, 0.6) is 0 Å². The van der Waals surface area contributed by atoms with E-state index in [0.29, 0.717) is 17.7 Å². The number of hydrogen-bond donors (Lipinski definition) is 0. The van der Waals surface area contributed by atoms with Gasteiger partial charge < -0.3 is 0 Å². The van der Waals surface area contributed by atoms with E-state index in [1.54, 1.807) is 24.1 Å². The van der Waals surface area contributed by atoms with Crippen LogP contribution in [0.2, 0.25) is 0 Å². The summed E-state index contributed by atoms with van der Waals surface area (Å²) in [6.45, 7) is 0.581. The third-order valence-electron chi connectivity index (χ3n) is 4.97. The summed E-state index contributed by atoms with van der Waals surface area (Å²) in [5.41, 5.74) is 0.162. The summed E-state index contributed by atoms with van der Waals surface area (Å²) >= 11 is 0. The van der Waals surface area contributed by atoms with Crippen molar-refractivity contribution in [2.45, 2.75) is 12.7 Å². The molecular formula is C22H15F6N3. The number of alkyl halides is 3. The zero-order valence-electron chi connectivity index (χ0n) is 16.1. The van der Waals surface area contributed by atoms with Crippen molar-refractivity contribution >= 4 is 5.57 Å². The highest BCUT2D eigenvalue weighted by molar-refractivity contribution is 5.83. The number of hydrogen-bond acceptors (Lipinski definition) is 3. The van der Waals surface area contributed by atoms with Gasteiger partial charge in [-0.2, -0.15) is 13.2 Å². The molecule has 0 radical (unpaired) electrons. The van der Waals surface area contributed by atoms with E-state index in [4.69, 9.17) is 0 Å².